The van der Waals surface area contributed by atoms with Gasteiger partial charge >= 0.3 is 0 Å². The summed E-state index contributed by atoms with van der Waals surface area (Å²) in [6.07, 6.45) is -0.0637. The quantitative estimate of drug-likeness (QED) is 0.433. The maximum absolute atomic E-state index is 13.1. The van der Waals surface area contributed by atoms with Gasteiger partial charge in [-0.25, -0.2) is 8.78 Å². The minimum absolute atomic E-state index is 0.0637. The summed E-state index contributed by atoms with van der Waals surface area (Å²) in [4.78, 5) is 0. The van der Waals surface area contributed by atoms with Crippen molar-refractivity contribution in [2.24, 2.45) is 5.73 Å². The molecule has 0 radical (unpaired) electrons. The van der Waals surface area contributed by atoms with Crippen LogP contribution in [0.5, 0.6) is 0 Å². The minimum Gasteiger partial charge on any atom is -0.387 e. The van der Waals surface area contributed by atoms with Crippen molar-refractivity contribution in [3.8, 4) is 0 Å². The molecule has 0 aliphatic heterocycles. The molecule has 0 amide bonds. The summed E-state index contributed by atoms with van der Waals surface area (Å²) < 4.78 is 25.7. The molecule has 0 unspecified atom stereocenters. The first-order valence-corrected chi connectivity index (χ1v) is 3.85. The second-order valence-corrected chi connectivity index (χ2v) is 2.91. The van der Waals surface area contributed by atoms with Crippen LogP contribution in [0.25, 0.3) is 0 Å². The summed E-state index contributed by atoms with van der Waals surface area (Å²) >= 11 is 5.30. The van der Waals surface area contributed by atoms with Gasteiger partial charge < -0.3 is 5.73 Å². The maximum atomic E-state index is 13.1. The highest BCUT2D eigenvalue weighted by atomic mass is 35.5. The molecule has 70 valence electrons. The first-order chi connectivity index (χ1) is 6.02. The number of hydrogen-bond donors (Lipinski definition) is 2. The molecular formula is C8H7ClF2N2. The molecule has 1 aromatic carbocycles. The van der Waals surface area contributed by atoms with Crippen LogP contribution in [0.15, 0.2) is 12.1 Å². The van der Waals surface area contributed by atoms with E-state index in [9.17, 15) is 8.78 Å². The molecular weight excluding hydrogens is 198 g/mol. The van der Waals surface area contributed by atoms with Crippen LogP contribution in [0.4, 0.5) is 8.78 Å². The highest BCUT2D eigenvalue weighted by Gasteiger charge is 2.11. The highest BCUT2D eigenvalue weighted by Crippen LogP contribution is 2.21. The first-order valence-electron chi connectivity index (χ1n) is 3.47. The summed E-state index contributed by atoms with van der Waals surface area (Å²) in [7, 11) is 0. The average Bonchev–Trinajstić information content (AvgIpc) is 2.06. The lowest BCUT2D eigenvalue weighted by Crippen LogP contribution is -2.13. The zero-order valence-electron chi connectivity index (χ0n) is 6.57. The molecule has 0 aromatic heterocycles. The van der Waals surface area contributed by atoms with Crippen LogP contribution in [-0.4, -0.2) is 5.84 Å². The van der Waals surface area contributed by atoms with Gasteiger partial charge in [-0.05, 0) is 11.6 Å². The third kappa shape index (κ3) is 2.15. The highest BCUT2D eigenvalue weighted by molar-refractivity contribution is 6.31. The number of rotatable bonds is 2. The van der Waals surface area contributed by atoms with Crippen molar-refractivity contribution >= 4 is 17.4 Å². The van der Waals surface area contributed by atoms with Gasteiger partial charge in [0.25, 0.3) is 0 Å². The summed E-state index contributed by atoms with van der Waals surface area (Å²) in [6, 6.07) is 2.27. The largest absolute Gasteiger partial charge is 0.387 e. The predicted octanol–water partition coefficient (Wildman–Crippen LogP) is 2.10. The molecule has 0 bridgehead atoms. The molecule has 0 aliphatic carbocycles. The van der Waals surface area contributed by atoms with Crippen LogP contribution in [-0.2, 0) is 6.42 Å². The Kier molecular flexibility index (Phi) is 2.83. The smallest absolute Gasteiger partial charge is 0.148 e. The lowest BCUT2D eigenvalue weighted by Gasteiger charge is -2.03. The van der Waals surface area contributed by atoms with Crippen molar-refractivity contribution in [3.05, 3.63) is 34.4 Å². The fourth-order valence-corrected chi connectivity index (χ4v) is 1.09. The molecule has 0 aliphatic rings. The Morgan fingerprint density at radius 2 is 2.08 bits per heavy atom. The number of nitrogens with one attached hydrogen (secondary N) is 1. The van der Waals surface area contributed by atoms with Crippen molar-refractivity contribution in [2.75, 3.05) is 0 Å². The zero-order valence-corrected chi connectivity index (χ0v) is 7.33. The topological polar surface area (TPSA) is 49.9 Å². The van der Waals surface area contributed by atoms with E-state index in [4.69, 9.17) is 22.7 Å². The molecule has 0 atom stereocenters. The molecule has 3 N–H and O–H groups in total. The van der Waals surface area contributed by atoms with Gasteiger partial charge in [0.2, 0.25) is 0 Å². The predicted molar refractivity (Wildman–Crippen MR) is 47.0 cm³/mol. The molecule has 1 rings (SSSR count). The van der Waals surface area contributed by atoms with E-state index >= 15 is 0 Å². The van der Waals surface area contributed by atoms with Crippen LogP contribution in [0.1, 0.15) is 5.56 Å². The number of halogens is 3. The number of nitrogens with two attached hydrogens (primary N) is 1. The van der Waals surface area contributed by atoms with Gasteiger partial charge in [-0.1, -0.05) is 17.7 Å². The fourth-order valence-electron chi connectivity index (χ4n) is 0.908. The summed E-state index contributed by atoms with van der Waals surface area (Å²) in [5.74, 6) is -1.86. The Morgan fingerprint density at radius 3 is 2.62 bits per heavy atom. The molecule has 13 heavy (non-hydrogen) atoms. The SMILES string of the molecule is N=C(N)Cc1ccc(F)c(Cl)c1F. The summed E-state index contributed by atoms with van der Waals surface area (Å²) in [5, 5.41) is 6.37. The lowest BCUT2D eigenvalue weighted by atomic mass is 10.1. The van der Waals surface area contributed by atoms with Gasteiger partial charge in [-0.3, -0.25) is 5.41 Å². The Balaban J connectivity index is 3.10. The summed E-state index contributed by atoms with van der Waals surface area (Å²) in [5.41, 5.74) is 5.19. The molecule has 0 saturated heterocycles. The third-order valence-electron chi connectivity index (χ3n) is 1.50. The molecule has 5 heteroatoms. The van der Waals surface area contributed by atoms with Crippen molar-refractivity contribution in [3.63, 3.8) is 0 Å². The van der Waals surface area contributed by atoms with E-state index in [2.05, 4.69) is 0 Å². The molecule has 1 aromatic rings. The van der Waals surface area contributed by atoms with Gasteiger partial charge in [-0.2, -0.15) is 0 Å². The third-order valence-corrected chi connectivity index (χ3v) is 1.84. The van der Waals surface area contributed by atoms with E-state index < -0.39 is 16.7 Å². The van der Waals surface area contributed by atoms with E-state index in [1.54, 1.807) is 0 Å². The number of benzene rings is 1. The molecule has 0 spiro atoms. The van der Waals surface area contributed by atoms with Gasteiger partial charge in [0, 0.05) is 6.42 Å². The van der Waals surface area contributed by atoms with E-state index in [1.807, 2.05) is 0 Å². The Morgan fingerprint density at radius 1 is 1.46 bits per heavy atom. The maximum Gasteiger partial charge on any atom is 0.148 e. The Bertz CT molecular complexity index is 352. The second-order valence-electron chi connectivity index (χ2n) is 2.54. The molecule has 0 fully saturated rings. The van der Waals surface area contributed by atoms with Crippen molar-refractivity contribution < 1.29 is 8.78 Å². The van der Waals surface area contributed by atoms with Crippen LogP contribution in [0, 0.1) is 17.0 Å². The van der Waals surface area contributed by atoms with Crippen LogP contribution < -0.4 is 5.73 Å². The lowest BCUT2D eigenvalue weighted by molar-refractivity contribution is 0.576. The van der Waals surface area contributed by atoms with Crippen molar-refractivity contribution in [1.82, 2.24) is 0 Å². The van der Waals surface area contributed by atoms with Crippen LogP contribution >= 0.6 is 11.6 Å². The molecule has 0 heterocycles. The number of amidine groups is 1. The second kappa shape index (κ2) is 3.70. The first kappa shape index (κ1) is 9.92. The van der Waals surface area contributed by atoms with Gasteiger partial charge in [0.1, 0.15) is 16.7 Å². The van der Waals surface area contributed by atoms with Crippen LogP contribution in [0.3, 0.4) is 0 Å². The van der Waals surface area contributed by atoms with E-state index in [0.29, 0.717) is 0 Å². The minimum atomic E-state index is -0.850. The van der Waals surface area contributed by atoms with Gasteiger partial charge in [-0.15, -0.1) is 0 Å². The van der Waals surface area contributed by atoms with Crippen molar-refractivity contribution in [1.29, 1.82) is 5.41 Å². The van der Waals surface area contributed by atoms with E-state index in [0.717, 1.165) is 6.07 Å². The van der Waals surface area contributed by atoms with Crippen molar-refractivity contribution in [2.45, 2.75) is 6.42 Å². The normalized spacial score (nSPS) is 10.1. The molecule has 0 saturated carbocycles. The van der Waals surface area contributed by atoms with Crippen LogP contribution in [0.2, 0.25) is 5.02 Å². The standard InChI is InChI=1S/C8H7ClF2N2/c9-7-5(10)2-1-4(8(7)11)3-6(12)13/h1-2H,3H2,(H3,12,13). The Labute approximate surface area is 78.8 Å². The van der Waals surface area contributed by atoms with Gasteiger partial charge in [0.15, 0.2) is 0 Å². The monoisotopic (exact) mass is 204 g/mol. The van der Waals surface area contributed by atoms with Gasteiger partial charge in [0.05, 0.1) is 5.84 Å². The molecule has 2 nitrogen and oxygen atoms in total. The Hall–Kier alpha value is -1.16. The van der Waals surface area contributed by atoms with E-state index in [-0.39, 0.29) is 17.8 Å². The average molecular weight is 205 g/mol. The fraction of sp³-hybridized carbons (Fsp3) is 0.125. The summed E-state index contributed by atoms with van der Waals surface area (Å²) in [6.45, 7) is 0. The number of hydrogen-bond acceptors (Lipinski definition) is 1. The zero-order chi connectivity index (χ0) is 10.0. The van der Waals surface area contributed by atoms with E-state index in [1.165, 1.54) is 6.07 Å².